The van der Waals surface area contributed by atoms with Crippen LogP contribution in [0.5, 0.6) is 5.75 Å². The van der Waals surface area contributed by atoms with Crippen molar-refractivity contribution in [2.45, 2.75) is 6.61 Å². The van der Waals surface area contributed by atoms with Crippen molar-refractivity contribution in [2.24, 2.45) is 5.10 Å². The van der Waals surface area contributed by atoms with E-state index in [1.165, 1.54) is 30.5 Å². The zero-order valence-corrected chi connectivity index (χ0v) is 17.6. The molecule has 0 spiro atoms. The van der Waals surface area contributed by atoms with Crippen molar-refractivity contribution in [3.05, 3.63) is 104 Å². The van der Waals surface area contributed by atoms with Crippen molar-refractivity contribution in [1.29, 1.82) is 5.26 Å². The number of carbonyl (C=O) groups excluding carboxylic acids is 1. The summed E-state index contributed by atoms with van der Waals surface area (Å²) in [6.45, 7) is 0.251. The summed E-state index contributed by atoms with van der Waals surface area (Å²) in [6.07, 6.45) is 1.46. The molecule has 0 heterocycles. The fourth-order valence-electron chi connectivity index (χ4n) is 2.59. The average Bonchev–Trinajstić information content (AvgIpc) is 2.78. The lowest BCUT2D eigenvalue weighted by molar-refractivity contribution is -0.384. The Bertz CT molecular complexity index is 1190. The molecule has 0 unspecified atom stereocenters. The maximum atomic E-state index is 12.1. The molecule has 9 heteroatoms. The Morgan fingerprint density at radius 3 is 2.61 bits per heavy atom. The Morgan fingerprint density at radius 1 is 1.19 bits per heavy atom. The maximum Gasteiger partial charge on any atom is 0.271 e. The third kappa shape index (κ3) is 5.74. The number of hydrogen-bond donors (Lipinski definition) is 1. The van der Waals surface area contributed by atoms with Gasteiger partial charge in [0.2, 0.25) is 0 Å². The van der Waals surface area contributed by atoms with Crippen LogP contribution < -0.4 is 10.2 Å². The van der Waals surface area contributed by atoms with E-state index in [2.05, 4.69) is 32.5 Å². The quantitative estimate of drug-likeness (QED) is 0.303. The van der Waals surface area contributed by atoms with Gasteiger partial charge >= 0.3 is 0 Å². The van der Waals surface area contributed by atoms with Crippen LogP contribution in [-0.4, -0.2) is 17.0 Å². The van der Waals surface area contributed by atoms with Gasteiger partial charge in [0.25, 0.3) is 11.6 Å². The fourth-order valence-corrected chi connectivity index (χ4v) is 3.10. The predicted molar refractivity (Wildman–Crippen MR) is 118 cm³/mol. The number of nitro groups is 1. The van der Waals surface area contributed by atoms with Crippen LogP contribution in [0.4, 0.5) is 5.69 Å². The monoisotopic (exact) mass is 478 g/mol. The van der Waals surface area contributed by atoms with Crippen LogP contribution in [0.1, 0.15) is 27.0 Å². The molecule has 0 aromatic heterocycles. The van der Waals surface area contributed by atoms with E-state index in [9.17, 15) is 14.9 Å². The van der Waals surface area contributed by atoms with Gasteiger partial charge < -0.3 is 4.74 Å². The lowest BCUT2D eigenvalue weighted by Gasteiger charge is -2.10. The lowest BCUT2D eigenvalue weighted by Crippen LogP contribution is -2.17. The molecule has 8 nitrogen and oxygen atoms in total. The van der Waals surface area contributed by atoms with Gasteiger partial charge in [-0.25, -0.2) is 5.43 Å². The van der Waals surface area contributed by atoms with Gasteiger partial charge in [-0.1, -0.05) is 18.2 Å². The summed E-state index contributed by atoms with van der Waals surface area (Å²) < 4.78 is 6.47. The highest BCUT2D eigenvalue weighted by Crippen LogP contribution is 2.26. The second-order valence-corrected chi connectivity index (χ2v) is 7.10. The summed E-state index contributed by atoms with van der Waals surface area (Å²) in [6, 6.07) is 19.8. The zero-order valence-electron chi connectivity index (χ0n) is 16.0. The Balaban J connectivity index is 1.59. The Morgan fingerprint density at radius 2 is 1.94 bits per heavy atom. The minimum atomic E-state index is -0.534. The highest BCUT2D eigenvalue weighted by molar-refractivity contribution is 9.10. The number of benzene rings is 3. The summed E-state index contributed by atoms with van der Waals surface area (Å²) in [4.78, 5) is 22.2. The number of hydrogen-bond acceptors (Lipinski definition) is 6. The van der Waals surface area contributed by atoms with Gasteiger partial charge in [-0.3, -0.25) is 14.9 Å². The van der Waals surface area contributed by atoms with Gasteiger partial charge in [0, 0.05) is 23.3 Å². The molecular formula is C22H15BrN4O4. The van der Waals surface area contributed by atoms with Crippen molar-refractivity contribution in [3.63, 3.8) is 0 Å². The molecule has 0 radical (unpaired) electrons. The molecule has 1 N–H and O–H groups in total. The molecule has 31 heavy (non-hydrogen) atoms. The van der Waals surface area contributed by atoms with E-state index in [1.54, 1.807) is 30.3 Å². The number of nitrogens with one attached hydrogen (secondary N) is 1. The molecule has 3 aromatic carbocycles. The number of amides is 1. The molecule has 0 aliphatic rings. The normalized spacial score (nSPS) is 10.5. The van der Waals surface area contributed by atoms with E-state index in [1.807, 2.05) is 12.1 Å². The molecule has 0 aliphatic carbocycles. The number of non-ortho nitro benzene ring substituents is 1. The molecular weight excluding hydrogens is 464 g/mol. The third-order valence-electron chi connectivity index (χ3n) is 4.20. The topological polar surface area (TPSA) is 118 Å². The molecule has 154 valence electrons. The van der Waals surface area contributed by atoms with Gasteiger partial charge in [-0.2, -0.15) is 10.4 Å². The van der Waals surface area contributed by atoms with Crippen molar-refractivity contribution in [2.75, 3.05) is 0 Å². The molecule has 0 bridgehead atoms. The minimum absolute atomic E-state index is 0.0941. The molecule has 0 atom stereocenters. The Labute approximate surface area is 186 Å². The standard InChI is InChI=1S/C22H15BrN4O4/c23-20-11-15(5-10-21(20)31-14-18-4-2-1-3-17(18)12-24)13-25-26-22(28)16-6-8-19(9-7-16)27(29)30/h1-11,13H,14H2,(H,26,28)/b25-13-. The molecule has 3 aromatic rings. The van der Waals surface area contributed by atoms with E-state index in [-0.39, 0.29) is 17.9 Å². The third-order valence-corrected chi connectivity index (χ3v) is 4.82. The lowest BCUT2D eigenvalue weighted by atomic mass is 10.1. The van der Waals surface area contributed by atoms with Crippen LogP contribution in [0.15, 0.2) is 76.3 Å². The number of nitro benzene ring substituents is 1. The smallest absolute Gasteiger partial charge is 0.271 e. The number of ether oxygens (including phenoxy) is 1. The highest BCUT2D eigenvalue weighted by atomic mass is 79.9. The number of rotatable bonds is 7. The molecule has 0 saturated carbocycles. The van der Waals surface area contributed by atoms with Crippen LogP contribution in [0.2, 0.25) is 0 Å². The van der Waals surface area contributed by atoms with E-state index in [4.69, 9.17) is 10.00 Å². The number of hydrazone groups is 1. The van der Waals surface area contributed by atoms with Gasteiger partial charge in [0.15, 0.2) is 0 Å². The van der Waals surface area contributed by atoms with Gasteiger partial charge in [-0.15, -0.1) is 0 Å². The van der Waals surface area contributed by atoms with Gasteiger partial charge in [-0.05, 0) is 57.9 Å². The highest BCUT2D eigenvalue weighted by Gasteiger charge is 2.09. The van der Waals surface area contributed by atoms with Crippen LogP contribution in [-0.2, 0) is 6.61 Å². The maximum absolute atomic E-state index is 12.1. The Hall–Kier alpha value is -4.03. The van der Waals surface area contributed by atoms with Gasteiger partial charge in [0.1, 0.15) is 12.4 Å². The summed E-state index contributed by atoms with van der Waals surface area (Å²) in [5, 5.41) is 23.7. The van der Waals surface area contributed by atoms with Crippen LogP contribution in [0.25, 0.3) is 0 Å². The Kier molecular flexibility index (Phi) is 7.09. The van der Waals surface area contributed by atoms with E-state index >= 15 is 0 Å². The van der Waals surface area contributed by atoms with Crippen molar-refractivity contribution >= 4 is 33.7 Å². The second kappa shape index (κ2) is 10.1. The van der Waals surface area contributed by atoms with Crippen LogP contribution >= 0.6 is 15.9 Å². The average molecular weight is 479 g/mol. The van der Waals surface area contributed by atoms with Crippen LogP contribution in [0, 0.1) is 21.4 Å². The first-order valence-electron chi connectivity index (χ1n) is 8.96. The number of nitriles is 1. The predicted octanol–water partition coefficient (Wildman–Crippen LogP) is 4.57. The molecule has 0 fully saturated rings. The van der Waals surface area contributed by atoms with E-state index in [0.29, 0.717) is 21.3 Å². The van der Waals surface area contributed by atoms with E-state index < -0.39 is 10.8 Å². The number of carbonyl (C=O) groups is 1. The molecule has 0 saturated heterocycles. The molecule has 1 amide bonds. The summed E-state index contributed by atoms with van der Waals surface area (Å²) >= 11 is 3.44. The minimum Gasteiger partial charge on any atom is -0.488 e. The SMILES string of the molecule is N#Cc1ccccc1COc1ccc(/C=N\NC(=O)c2ccc([N+](=O)[O-])cc2)cc1Br. The first-order valence-corrected chi connectivity index (χ1v) is 9.75. The van der Waals surface area contributed by atoms with Gasteiger partial charge in [0.05, 0.1) is 27.2 Å². The first-order chi connectivity index (χ1) is 15.0. The molecule has 0 aliphatic heterocycles. The van der Waals surface area contributed by atoms with Crippen molar-refractivity contribution < 1.29 is 14.5 Å². The summed E-state index contributed by atoms with van der Waals surface area (Å²) in [5.74, 6) is 0.112. The largest absolute Gasteiger partial charge is 0.488 e. The molecule has 3 rings (SSSR count). The van der Waals surface area contributed by atoms with E-state index in [0.717, 1.165) is 5.56 Å². The second-order valence-electron chi connectivity index (χ2n) is 6.25. The van der Waals surface area contributed by atoms with Crippen LogP contribution in [0.3, 0.4) is 0 Å². The summed E-state index contributed by atoms with van der Waals surface area (Å²) in [7, 11) is 0. The number of halogens is 1. The fraction of sp³-hybridized carbons (Fsp3) is 0.0455. The summed E-state index contributed by atoms with van der Waals surface area (Å²) in [5.41, 5.74) is 4.59. The zero-order chi connectivity index (χ0) is 22.2. The first kappa shape index (κ1) is 21.7. The van der Waals surface area contributed by atoms with Crippen molar-refractivity contribution in [1.82, 2.24) is 5.43 Å². The number of nitrogens with zero attached hydrogens (tertiary/aromatic N) is 3. The van der Waals surface area contributed by atoms with Crippen molar-refractivity contribution in [3.8, 4) is 11.8 Å².